The van der Waals surface area contributed by atoms with E-state index in [1.54, 1.807) is 5.56 Å². The number of rotatable bonds is 0. The summed E-state index contributed by atoms with van der Waals surface area (Å²) in [5, 5.41) is 1.44. The predicted molar refractivity (Wildman–Crippen MR) is 74.7 cm³/mol. The van der Waals surface area contributed by atoms with E-state index in [4.69, 9.17) is 0 Å². The highest BCUT2D eigenvalue weighted by Gasteiger charge is 2.45. The highest BCUT2D eigenvalue weighted by molar-refractivity contribution is 5.85. The lowest BCUT2D eigenvalue weighted by Gasteiger charge is -2.36. The summed E-state index contributed by atoms with van der Waals surface area (Å²) >= 11 is 0. The maximum Gasteiger partial charge on any atom is 0.0553 e. The van der Waals surface area contributed by atoms with Crippen molar-refractivity contribution in [3.63, 3.8) is 0 Å². The van der Waals surface area contributed by atoms with Gasteiger partial charge in [0, 0.05) is 23.1 Å². The predicted octanol–water partition coefficient (Wildman–Crippen LogP) is 3.50. The number of aromatic amines is 1. The first-order valence-electron chi connectivity index (χ1n) is 7.00. The zero-order valence-electron chi connectivity index (χ0n) is 11.2. The molecule has 1 atom stereocenters. The standard InChI is InChI=1S/C16H20N2/c1-16(2)8-10-18-9-7-12-11-5-3-4-6-13(11)17-14(12)15(16)18/h3-6,15,17H,7-10H2,1-2H3. The maximum absolute atomic E-state index is 3.70. The van der Waals surface area contributed by atoms with Gasteiger partial charge in [0.2, 0.25) is 0 Å². The first-order valence-corrected chi connectivity index (χ1v) is 7.00. The van der Waals surface area contributed by atoms with Gasteiger partial charge in [-0.1, -0.05) is 32.0 Å². The van der Waals surface area contributed by atoms with E-state index in [1.807, 2.05) is 0 Å². The Balaban J connectivity index is 1.96. The number of nitrogens with zero attached hydrogens (tertiary/aromatic N) is 1. The SMILES string of the molecule is CC1(C)CCN2CCc3c([nH]c4ccccc34)C21. The van der Waals surface area contributed by atoms with Crippen LogP contribution < -0.4 is 0 Å². The molecular formula is C16H20N2. The molecule has 1 fully saturated rings. The average molecular weight is 240 g/mol. The normalized spacial score (nSPS) is 26.2. The van der Waals surface area contributed by atoms with E-state index in [0.717, 1.165) is 0 Å². The van der Waals surface area contributed by atoms with Crippen molar-refractivity contribution < 1.29 is 0 Å². The van der Waals surface area contributed by atoms with Crippen LogP contribution in [0.1, 0.15) is 37.6 Å². The van der Waals surface area contributed by atoms with E-state index < -0.39 is 0 Å². The molecule has 4 rings (SSSR count). The molecule has 1 aromatic carbocycles. The third kappa shape index (κ3) is 1.27. The molecule has 2 aliphatic rings. The van der Waals surface area contributed by atoms with Crippen molar-refractivity contribution in [2.24, 2.45) is 5.41 Å². The molecule has 1 aromatic heterocycles. The first-order chi connectivity index (χ1) is 8.67. The summed E-state index contributed by atoms with van der Waals surface area (Å²) in [6, 6.07) is 9.35. The number of para-hydroxylation sites is 1. The van der Waals surface area contributed by atoms with Crippen LogP contribution in [0.15, 0.2) is 24.3 Å². The molecule has 1 saturated heterocycles. The summed E-state index contributed by atoms with van der Waals surface area (Å²) in [6.07, 6.45) is 2.51. The molecule has 2 heteroatoms. The summed E-state index contributed by atoms with van der Waals surface area (Å²) < 4.78 is 0. The molecule has 0 bridgehead atoms. The van der Waals surface area contributed by atoms with E-state index >= 15 is 0 Å². The van der Waals surface area contributed by atoms with Gasteiger partial charge in [0.1, 0.15) is 0 Å². The Labute approximate surface area is 108 Å². The second kappa shape index (κ2) is 3.39. The van der Waals surface area contributed by atoms with Crippen molar-refractivity contribution in [2.75, 3.05) is 13.1 Å². The number of H-pyrrole nitrogens is 1. The Hall–Kier alpha value is -1.28. The minimum atomic E-state index is 0.399. The lowest BCUT2D eigenvalue weighted by atomic mass is 9.80. The van der Waals surface area contributed by atoms with E-state index in [9.17, 15) is 0 Å². The smallest absolute Gasteiger partial charge is 0.0553 e. The molecule has 94 valence electrons. The van der Waals surface area contributed by atoms with Gasteiger partial charge in [-0.25, -0.2) is 0 Å². The zero-order chi connectivity index (χ0) is 12.3. The van der Waals surface area contributed by atoms with Crippen molar-refractivity contribution in [3.8, 4) is 0 Å². The van der Waals surface area contributed by atoms with Crippen LogP contribution in [0.5, 0.6) is 0 Å². The molecule has 0 amide bonds. The van der Waals surface area contributed by atoms with E-state index in [0.29, 0.717) is 11.5 Å². The quantitative estimate of drug-likeness (QED) is 0.746. The maximum atomic E-state index is 3.70. The topological polar surface area (TPSA) is 19.0 Å². The molecule has 0 radical (unpaired) electrons. The fourth-order valence-corrected chi connectivity index (χ4v) is 3.99. The zero-order valence-corrected chi connectivity index (χ0v) is 11.2. The third-order valence-electron chi connectivity index (χ3n) is 4.92. The van der Waals surface area contributed by atoms with Crippen LogP contribution in [-0.2, 0) is 6.42 Å². The molecule has 0 spiro atoms. The molecule has 3 heterocycles. The molecular weight excluding hydrogens is 220 g/mol. The Bertz CT molecular complexity index is 609. The molecule has 1 unspecified atom stereocenters. The van der Waals surface area contributed by atoms with Crippen LogP contribution in [0, 0.1) is 5.41 Å². The summed E-state index contributed by atoms with van der Waals surface area (Å²) in [5.74, 6) is 0. The Morgan fingerprint density at radius 3 is 2.94 bits per heavy atom. The molecule has 2 aliphatic heterocycles. The van der Waals surface area contributed by atoms with Gasteiger partial charge in [-0.05, 0) is 36.4 Å². The third-order valence-corrected chi connectivity index (χ3v) is 4.92. The lowest BCUT2D eigenvalue weighted by molar-refractivity contribution is 0.168. The van der Waals surface area contributed by atoms with Crippen molar-refractivity contribution in [2.45, 2.75) is 32.7 Å². The minimum absolute atomic E-state index is 0.399. The van der Waals surface area contributed by atoms with Gasteiger partial charge < -0.3 is 4.98 Å². The van der Waals surface area contributed by atoms with E-state index in [1.165, 1.54) is 42.5 Å². The van der Waals surface area contributed by atoms with E-state index in [2.05, 4.69) is 48.0 Å². The minimum Gasteiger partial charge on any atom is -0.357 e. The highest BCUT2D eigenvalue weighted by atomic mass is 15.2. The molecule has 1 N–H and O–H groups in total. The summed E-state index contributed by atoms with van der Waals surface area (Å²) in [6.45, 7) is 7.31. The summed E-state index contributed by atoms with van der Waals surface area (Å²) in [5.41, 5.74) is 4.77. The van der Waals surface area contributed by atoms with Gasteiger partial charge in [-0.3, -0.25) is 4.90 Å². The number of fused-ring (bicyclic) bond motifs is 5. The van der Waals surface area contributed by atoms with Gasteiger partial charge in [0.25, 0.3) is 0 Å². The van der Waals surface area contributed by atoms with Crippen LogP contribution in [0.3, 0.4) is 0 Å². The number of hydrogen-bond acceptors (Lipinski definition) is 1. The molecule has 2 nitrogen and oxygen atoms in total. The average Bonchev–Trinajstić information content (AvgIpc) is 2.87. The van der Waals surface area contributed by atoms with Gasteiger partial charge in [-0.2, -0.15) is 0 Å². The monoisotopic (exact) mass is 240 g/mol. The van der Waals surface area contributed by atoms with Crippen LogP contribution in [0.4, 0.5) is 0 Å². The molecule has 0 saturated carbocycles. The van der Waals surface area contributed by atoms with Gasteiger partial charge >= 0.3 is 0 Å². The van der Waals surface area contributed by atoms with Gasteiger partial charge in [0.15, 0.2) is 0 Å². The van der Waals surface area contributed by atoms with Crippen LogP contribution in [0.2, 0.25) is 0 Å². The number of nitrogens with one attached hydrogen (secondary N) is 1. The first kappa shape index (κ1) is 10.6. The molecule has 18 heavy (non-hydrogen) atoms. The van der Waals surface area contributed by atoms with Crippen LogP contribution in [0.25, 0.3) is 10.9 Å². The summed E-state index contributed by atoms with van der Waals surface area (Å²) in [4.78, 5) is 6.37. The largest absolute Gasteiger partial charge is 0.357 e. The van der Waals surface area contributed by atoms with Crippen molar-refractivity contribution in [3.05, 3.63) is 35.5 Å². The lowest BCUT2D eigenvalue weighted by Crippen LogP contribution is -2.35. The van der Waals surface area contributed by atoms with Gasteiger partial charge in [-0.15, -0.1) is 0 Å². The summed E-state index contributed by atoms with van der Waals surface area (Å²) in [7, 11) is 0. The van der Waals surface area contributed by atoms with Crippen LogP contribution in [-0.4, -0.2) is 23.0 Å². The molecule has 0 aliphatic carbocycles. The van der Waals surface area contributed by atoms with Gasteiger partial charge in [0.05, 0.1) is 6.04 Å². The van der Waals surface area contributed by atoms with Crippen molar-refractivity contribution in [1.29, 1.82) is 0 Å². The second-order valence-electron chi connectivity index (χ2n) is 6.49. The highest BCUT2D eigenvalue weighted by Crippen LogP contribution is 2.50. The number of benzene rings is 1. The Morgan fingerprint density at radius 2 is 2.06 bits per heavy atom. The van der Waals surface area contributed by atoms with Crippen molar-refractivity contribution in [1.82, 2.24) is 9.88 Å². The second-order valence-corrected chi connectivity index (χ2v) is 6.49. The number of hydrogen-bond donors (Lipinski definition) is 1. The Morgan fingerprint density at radius 1 is 1.22 bits per heavy atom. The molecule has 2 aromatic rings. The fraction of sp³-hybridized carbons (Fsp3) is 0.500. The van der Waals surface area contributed by atoms with Crippen molar-refractivity contribution >= 4 is 10.9 Å². The Kier molecular flexibility index (Phi) is 2.00. The van der Waals surface area contributed by atoms with E-state index in [-0.39, 0.29) is 0 Å². The number of aromatic nitrogens is 1. The van der Waals surface area contributed by atoms with Crippen LogP contribution >= 0.6 is 0 Å². The fourth-order valence-electron chi connectivity index (χ4n) is 3.99.